The van der Waals surface area contributed by atoms with Gasteiger partial charge < -0.3 is 15.0 Å². The van der Waals surface area contributed by atoms with Crippen LogP contribution in [0, 0.1) is 5.92 Å². The summed E-state index contributed by atoms with van der Waals surface area (Å²) < 4.78 is 5.16. The number of rotatable bonds is 6. The van der Waals surface area contributed by atoms with Crippen molar-refractivity contribution in [2.45, 2.75) is 45.6 Å². The number of hydrogen-bond acceptors (Lipinski definition) is 3. The molecule has 1 N–H and O–H groups in total. The lowest BCUT2D eigenvalue weighted by atomic mass is 10.1. The maximum atomic E-state index is 12.7. The Morgan fingerprint density at radius 2 is 1.88 bits per heavy atom. The normalized spacial score (nSPS) is 19.5. The second-order valence-electron chi connectivity index (χ2n) is 7.37. The largest absolute Gasteiger partial charge is 0.497 e. The molecule has 0 saturated heterocycles. The van der Waals surface area contributed by atoms with Crippen LogP contribution in [0.5, 0.6) is 5.75 Å². The summed E-state index contributed by atoms with van der Waals surface area (Å²) in [6.45, 7) is 8.38. The Balaban J connectivity index is 1.93. The third-order valence-corrected chi connectivity index (χ3v) is 4.19. The van der Waals surface area contributed by atoms with Gasteiger partial charge in [0.2, 0.25) is 11.8 Å². The van der Waals surface area contributed by atoms with Gasteiger partial charge in [0, 0.05) is 18.0 Å². The summed E-state index contributed by atoms with van der Waals surface area (Å²) in [6.07, 6.45) is 0.850. The zero-order chi connectivity index (χ0) is 17.9. The predicted molar refractivity (Wildman–Crippen MR) is 94.0 cm³/mol. The van der Waals surface area contributed by atoms with E-state index < -0.39 is 0 Å². The van der Waals surface area contributed by atoms with Gasteiger partial charge in [0.15, 0.2) is 0 Å². The number of carbonyl (C=O) groups is 2. The highest BCUT2D eigenvalue weighted by atomic mass is 16.5. The number of amides is 2. The Morgan fingerprint density at radius 1 is 1.25 bits per heavy atom. The van der Waals surface area contributed by atoms with Crippen molar-refractivity contribution < 1.29 is 14.3 Å². The van der Waals surface area contributed by atoms with Gasteiger partial charge >= 0.3 is 0 Å². The Morgan fingerprint density at radius 3 is 2.38 bits per heavy atom. The molecule has 1 aliphatic rings. The predicted octanol–water partition coefficient (Wildman–Crippen LogP) is 2.56. The standard InChI is InChI=1S/C19H28N2O3/c1-6-21(12-17(22)20-19(2,3)4)18(23)16-11-15(16)13-7-9-14(24-5)10-8-13/h7-10,15-16H,6,11-12H2,1-5H3,(H,20,22). The topological polar surface area (TPSA) is 58.6 Å². The van der Waals surface area contributed by atoms with E-state index >= 15 is 0 Å². The number of nitrogens with one attached hydrogen (secondary N) is 1. The Kier molecular flexibility index (Phi) is 5.52. The SMILES string of the molecule is CCN(CC(=O)NC(C)(C)C)C(=O)C1CC1c1ccc(OC)cc1. The maximum absolute atomic E-state index is 12.7. The van der Waals surface area contributed by atoms with E-state index in [0.29, 0.717) is 6.54 Å². The summed E-state index contributed by atoms with van der Waals surface area (Å²) in [5, 5.41) is 2.91. The average molecular weight is 332 g/mol. The summed E-state index contributed by atoms with van der Waals surface area (Å²) in [5.41, 5.74) is 0.870. The summed E-state index contributed by atoms with van der Waals surface area (Å²) in [4.78, 5) is 26.4. The number of nitrogens with zero attached hydrogens (tertiary/aromatic N) is 1. The van der Waals surface area contributed by atoms with E-state index in [1.807, 2.05) is 52.0 Å². The molecule has 1 aromatic carbocycles. The van der Waals surface area contributed by atoms with E-state index in [0.717, 1.165) is 17.7 Å². The Labute approximate surface area is 144 Å². The molecule has 2 rings (SSSR count). The minimum atomic E-state index is -0.287. The number of hydrogen-bond donors (Lipinski definition) is 1. The van der Waals surface area contributed by atoms with Gasteiger partial charge in [0.05, 0.1) is 13.7 Å². The highest BCUT2D eigenvalue weighted by molar-refractivity contribution is 5.88. The summed E-state index contributed by atoms with van der Waals surface area (Å²) in [7, 11) is 1.64. The van der Waals surface area contributed by atoms with Crippen molar-refractivity contribution in [1.82, 2.24) is 10.2 Å². The minimum absolute atomic E-state index is 0.0132. The van der Waals surface area contributed by atoms with Crippen molar-refractivity contribution in [2.24, 2.45) is 5.92 Å². The fourth-order valence-corrected chi connectivity index (χ4v) is 2.90. The molecule has 5 heteroatoms. The summed E-state index contributed by atoms with van der Waals surface area (Å²) in [5.74, 6) is 1.02. The molecule has 5 nitrogen and oxygen atoms in total. The Bertz CT molecular complexity index is 590. The molecule has 0 radical (unpaired) electrons. The van der Waals surface area contributed by atoms with Crippen LogP contribution in [0.4, 0.5) is 0 Å². The molecule has 0 aromatic heterocycles. The summed E-state index contributed by atoms with van der Waals surface area (Å²) >= 11 is 0. The van der Waals surface area contributed by atoms with Gasteiger partial charge in [-0.3, -0.25) is 9.59 Å². The maximum Gasteiger partial charge on any atom is 0.240 e. The second kappa shape index (κ2) is 7.24. The van der Waals surface area contributed by atoms with Crippen molar-refractivity contribution in [1.29, 1.82) is 0 Å². The number of likely N-dealkylation sites (N-methyl/N-ethyl adjacent to an activating group) is 1. The molecule has 1 saturated carbocycles. The van der Waals surface area contributed by atoms with Crippen molar-refractivity contribution in [3.05, 3.63) is 29.8 Å². The molecule has 2 amide bonds. The van der Waals surface area contributed by atoms with E-state index in [9.17, 15) is 9.59 Å². The van der Waals surface area contributed by atoms with Gasteiger partial charge in [0.25, 0.3) is 0 Å². The van der Waals surface area contributed by atoms with Crippen molar-refractivity contribution in [2.75, 3.05) is 20.2 Å². The second-order valence-corrected chi connectivity index (χ2v) is 7.37. The number of methoxy groups -OCH3 is 1. The fourth-order valence-electron chi connectivity index (χ4n) is 2.90. The molecule has 1 fully saturated rings. The van der Waals surface area contributed by atoms with Gasteiger partial charge in [-0.2, -0.15) is 0 Å². The smallest absolute Gasteiger partial charge is 0.240 e. The van der Waals surface area contributed by atoms with Gasteiger partial charge in [-0.15, -0.1) is 0 Å². The van der Waals surface area contributed by atoms with Crippen LogP contribution in [0.15, 0.2) is 24.3 Å². The first kappa shape index (κ1) is 18.3. The van der Waals surface area contributed by atoms with Crippen LogP contribution in [0.2, 0.25) is 0 Å². The molecule has 0 spiro atoms. The van der Waals surface area contributed by atoms with Crippen LogP contribution in [0.1, 0.15) is 45.6 Å². The van der Waals surface area contributed by atoms with Gasteiger partial charge in [-0.25, -0.2) is 0 Å². The monoisotopic (exact) mass is 332 g/mol. The third kappa shape index (κ3) is 4.73. The first-order chi connectivity index (χ1) is 11.2. The lowest BCUT2D eigenvalue weighted by Gasteiger charge is -2.25. The van der Waals surface area contributed by atoms with Crippen LogP contribution >= 0.6 is 0 Å². The van der Waals surface area contributed by atoms with Gasteiger partial charge in [0.1, 0.15) is 5.75 Å². The molecule has 132 valence electrons. The zero-order valence-corrected chi connectivity index (χ0v) is 15.3. The van der Waals surface area contributed by atoms with Crippen LogP contribution in [0.3, 0.4) is 0 Å². The minimum Gasteiger partial charge on any atom is -0.497 e. The van der Waals surface area contributed by atoms with Crippen molar-refractivity contribution in [3.8, 4) is 5.75 Å². The number of ether oxygens (including phenoxy) is 1. The lowest BCUT2D eigenvalue weighted by Crippen LogP contribution is -2.47. The first-order valence-electron chi connectivity index (χ1n) is 8.49. The third-order valence-electron chi connectivity index (χ3n) is 4.19. The highest BCUT2D eigenvalue weighted by Crippen LogP contribution is 2.48. The van der Waals surface area contributed by atoms with Crippen molar-refractivity contribution >= 4 is 11.8 Å². The molecule has 0 heterocycles. The molecule has 24 heavy (non-hydrogen) atoms. The zero-order valence-electron chi connectivity index (χ0n) is 15.3. The molecule has 2 atom stereocenters. The van der Waals surface area contributed by atoms with E-state index in [-0.39, 0.29) is 35.7 Å². The molecule has 1 aliphatic carbocycles. The first-order valence-corrected chi connectivity index (χ1v) is 8.49. The molecular weight excluding hydrogens is 304 g/mol. The lowest BCUT2D eigenvalue weighted by molar-refractivity contribution is -0.137. The Hall–Kier alpha value is -2.04. The quantitative estimate of drug-likeness (QED) is 0.871. The van der Waals surface area contributed by atoms with Gasteiger partial charge in [-0.05, 0) is 57.7 Å². The highest BCUT2D eigenvalue weighted by Gasteiger charge is 2.45. The van der Waals surface area contributed by atoms with Crippen LogP contribution in [-0.2, 0) is 9.59 Å². The van der Waals surface area contributed by atoms with E-state index in [2.05, 4.69) is 5.32 Å². The molecular formula is C19H28N2O3. The molecule has 0 aliphatic heterocycles. The van der Waals surface area contributed by atoms with E-state index in [4.69, 9.17) is 4.74 Å². The number of carbonyl (C=O) groups excluding carboxylic acids is 2. The van der Waals surface area contributed by atoms with Crippen LogP contribution in [0.25, 0.3) is 0 Å². The van der Waals surface area contributed by atoms with Crippen LogP contribution < -0.4 is 10.1 Å². The van der Waals surface area contributed by atoms with Crippen LogP contribution in [-0.4, -0.2) is 42.5 Å². The van der Waals surface area contributed by atoms with Gasteiger partial charge in [-0.1, -0.05) is 12.1 Å². The molecule has 2 unspecified atom stereocenters. The fraction of sp³-hybridized carbons (Fsp3) is 0.579. The number of benzene rings is 1. The molecule has 1 aromatic rings. The van der Waals surface area contributed by atoms with Crippen molar-refractivity contribution in [3.63, 3.8) is 0 Å². The molecule has 0 bridgehead atoms. The van der Waals surface area contributed by atoms with E-state index in [1.165, 1.54) is 0 Å². The average Bonchev–Trinajstić information content (AvgIpc) is 3.31. The summed E-state index contributed by atoms with van der Waals surface area (Å²) in [6, 6.07) is 7.87. The van der Waals surface area contributed by atoms with E-state index in [1.54, 1.807) is 12.0 Å².